The Morgan fingerprint density at radius 2 is 2.09 bits per heavy atom. The lowest BCUT2D eigenvalue weighted by Crippen LogP contribution is -2.28. The van der Waals surface area contributed by atoms with Gasteiger partial charge < -0.3 is 9.63 Å². The molecule has 0 bridgehead atoms. The van der Waals surface area contributed by atoms with Crippen molar-refractivity contribution in [3.63, 3.8) is 0 Å². The summed E-state index contributed by atoms with van der Waals surface area (Å²) in [6.07, 6.45) is 3.15. The van der Waals surface area contributed by atoms with Crippen molar-refractivity contribution in [3.8, 4) is 0 Å². The Morgan fingerprint density at radius 3 is 2.73 bits per heavy atom. The summed E-state index contributed by atoms with van der Waals surface area (Å²) in [7, 11) is 0. The Balaban J connectivity index is 1.65. The summed E-state index contributed by atoms with van der Waals surface area (Å²) in [5.41, 5.74) is 3.25. The van der Waals surface area contributed by atoms with Crippen molar-refractivity contribution in [1.82, 2.24) is 10.1 Å². The zero-order valence-corrected chi connectivity index (χ0v) is 13.4. The second-order valence-electron chi connectivity index (χ2n) is 5.29. The SMILES string of the molecule is OCc1cc(CN2CC=C(c3ccc(Cl)c(Cl)c3)CC2)no1. The molecule has 0 aliphatic carbocycles. The fraction of sp³-hybridized carbons (Fsp3) is 0.312. The van der Waals surface area contributed by atoms with Gasteiger partial charge >= 0.3 is 0 Å². The molecule has 1 aliphatic rings. The third kappa shape index (κ3) is 3.52. The Bertz CT molecular complexity index is 697. The van der Waals surface area contributed by atoms with Crippen molar-refractivity contribution in [2.75, 3.05) is 13.1 Å². The molecule has 4 nitrogen and oxygen atoms in total. The van der Waals surface area contributed by atoms with Crippen LogP contribution in [0.25, 0.3) is 5.57 Å². The molecular formula is C16H16Cl2N2O2. The van der Waals surface area contributed by atoms with E-state index in [1.807, 2.05) is 18.2 Å². The zero-order valence-electron chi connectivity index (χ0n) is 11.9. The first-order chi connectivity index (χ1) is 10.7. The highest BCUT2D eigenvalue weighted by atomic mass is 35.5. The highest BCUT2D eigenvalue weighted by Crippen LogP contribution is 2.29. The van der Waals surface area contributed by atoms with Gasteiger partial charge in [0.05, 0.1) is 15.7 Å². The van der Waals surface area contributed by atoms with Gasteiger partial charge in [-0.2, -0.15) is 0 Å². The number of aromatic nitrogens is 1. The Kier molecular flexibility index (Phi) is 4.84. The van der Waals surface area contributed by atoms with Crippen molar-refractivity contribution in [2.24, 2.45) is 0 Å². The molecular weight excluding hydrogens is 323 g/mol. The van der Waals surface area contributed by atoms with E-state index in [0.717, 1.165) is 30.8 Å². The number of aliphatic hydroxyl groups excluding tert-OH is 1. The molecule has 3 rings (SSSR count). The van der Waals surface area contributed by atoms with Crippen LogP contribution in [0.5, 0.6) is 0 Å². The minimum atomic E-state index is -0.117. The van der Waals surface area contributed by atoms with Gasteiger partial charge in [-0.3, -0.25) is 4.90 Å². The van der Waals surface area contributed by atoms with E-state index >= 15 is 0 Å². The zero-order chi connectivity index (χ0) is 15.5. The average molecular weight is 339 g/mol. The first-order valence-electron chi connectivity index (χ1n) is 7.08. The molecule has 1 aromatic heterocycles. The average Bonchev–Trinajstić information content (AvgIpc) is 2.98. The van der Waals surface area contributed by atoms with Crippen LogP contribution in [0.15, 0.2) is 34.9 Å². The van der Waals surface area contributed by atoms with Gasteiger partial charge in [0.15, 0.2) is 5.76 Å². The molecule has 0 amide bonds. The number of hydrogen-bond acceptors (Lipinski definition) is 4. The smallest absolute Gasteiger partial charge is 0.162 e. The Labute approximate surface area is 138 Å². The van der Waals surface area contributed by atoms with Gasteiger partial charge in [-0.15, -0.1) is 0 Å². The van der Waals surface area contributed by atoms with E-state index in [1.54, 1.807) is 6.07 Å². The van der Waals surface area contributed by atoms with Crippen LogP contribution in [0.1, 0.15) is 23.4 Å². The number of aliphatic hydroxyl groups is 1. The second kappa shape index (κ2) is 6.84. The maximum atomic E-state index is 8.98. The summed E-state index contributed by atoms with van der Waals surface area (Å²) in [6.45, 7) is 2.38. The fourth-order valence-corrected chi connectivity index (χ4v) is 2.84. The molecule has 1 N–H and O–H groups in total. The molecule has 6 heteroatoms. The molecule has 0 saturated carbocycles. The highest BCUT2D eigenvalue weighted by molar-refractivity contribution is 6.42. The fourth-order valence-electron chi connectivity index (χ4n) is 2.55. The van der Waals surface area contributed by atoms with Crippen molar-refractivity contribution >= 4 is 28.8 Å². The van der Waals surface area contributed by atoms with E-state index in [2.05, 4.69) is 16.1 Å². The third-order valence-electron chi connectivity index (χ3n) is 3.73. The number of hydrogen-bond donors (Lipinski definition) is 1. The molecule has 0 saturated heterocycles. The molecule has 0 fully saturated rings. The molecule has 0 radical (unpaired) electrons. The first kappa shape index (κ1) is 15.6. The van der Waals surface area contributed by atoms with Gasteiger partial charge in [-0.1, -0.05) is 40.5 Å². The quantitative estimate of drug-likeness (QED) is 0.921. The molecule has 1 aliphatic heterocycles. The van der Waals surface area contributed by atoms with Gasteiger partial charge in [-0.25, -0.2) is 0 Å². The minimum Gasteiger partial charge on any atom is -0.388 e. The normalized spacial score (nSPS) is 15.9. The van der Waals surface area contributed by atoms with Crippen LogP contribution < -0.4 is 0 Å². The highest BCUT2D eigenvalue weighted by Gasteiger charge is 2.15. The van der Waals surface area contributed by atoms with Crippen molar-refractivity contribution in [3.05, 3.63) is 57.4 Å². The largest absolute Gasteiger partial charge is 0.388 e. The van der Waals surface area contributed by atoms with Gasteiger partial charge in [0, 0.05) is 25.7 Å². The van der Waals surface area contributed by atoms with Gasteiger partial charge in [-0.05, 0) is 29.7 Å². The van der Waals surface area contributed by atoms with E-state index in [1.165, 1.54) is 5.57 Å². The van der Waals surface area contributed by atoms with Crippen LogP contribution in [0.2, 0.25) is 10.0 Å². The maximum absolute atomic E-state index is 8.98. The van der Waals surface area contributed by atoms with Crippen molar-refractivity contribution in [1.29, 1.82) is 0 Å². The summed E-state index contributed by atoms with van der Waals surface area (Å²) >= 11 is 12.0. The standard InChI is InChI=1S/C16H16Cl2N2O2/c17-15-2-1-12(7-16(15)18)11-3-5-20(6-4-11)9-13-8-14(10-21)22-19-13/h1-3,7-8,21H,4-6,9-10H2. The summed E-state index contributed by atoms with van der Waals surface area (Å²) in [4.78, 5) is 2.28. The summed E-state index contributed by atoms with van der Waals surface area (Å²) < 4.78 is 5.00. The van der Waals surface area contributed by atoms with E-state index in [0.29, 0.717) is 22.4 Å². The molecule has 116 valence electrons. The summed E-state index contributed by atoms with van der Waals surface area (Å²) in [5, 5.41) is 14.1. The lowest BCUT2D eigenvalue weighted by molar-refractivity contribution is 0.226. The molecule has 0 atom stereocenters. The van der Waals surface area contributed by atoms with E-state index in [-0.39, 0.29) is 6.61 Å². The van der Waals surface area contributed by atoms with Gasteiger partial charge in [0.1, 0.15) is 6.61 Å². The van der Waals surface area contributed by atoms with Crippen LogP contribution in [0.4, 0.5) is 0 Å². The minimum absolute atomic E-state index is 0.117. The van der Waals surface area contributed by atoms with Crippen LogP contribution in [-0.2, 0) is 13.2 Å². The Morgan fingerprint density at radius 1 is 1.23 bits per heavy atom. The number of benzene rings is 1. The number of rotatable bonds is 4. The third-order valence-corrected chi connectivity index (χ3v) is 4.47. The summed E-state index contributed by atoms with van der Waals surface area (Å²) in [6, 6.07) is 7.54. The molecule has 2 aromatic rings. The van der Waals surface area contributed by atoms with E-state index in [9.17, 15) is 0 Å². The van der Waals surface area contributed by atoms with Crippen molar-refractivity contribution in [2.45, 2.75) is 19.6 Å². The monoisotopic (exact) mass is 338 g/mol. The van der Waals surface area contributed by atoms with Gasteiger partial charge in [0.25, 0.3) is 0 Å². The molecule has 2 heterocycles. The lowest BCUT2D eigenvalue weighted by atomic mass is 9.99. The number of halogens is 2. The van der Waals surface area contributed by atoms with Gasteiger partial charge in [0.2, 0.25) is 0 Å². The van der Waals surface area contributed by atoms with Crippen LogP contribution in [0.3, 0.4) is 0 Å². The van der Waals surface area contributed by atoms with E-state index < -0.39 is 0 Å². The lowest BCUT2D eigenvalue weighted by Gasteiger charge is -2.25. The summed E-state index contributed by atoms with van der Waals surface area (Å²) in [5.74, 6) is 0.499. The van der Waals surface area contributed by atoms with E-state index in [4.69, 9.17) is 32.8 Å². The predicted molar refractivity (Wildman–Crippen MR) is 86.8 cm³/mol. The second-order valence-corrected chi connectivity index (χ2v) is 6.10. The molecule has 0 unspecified atom stereocenters. The predicted octanol–water partition coefficient (Wildman–Crippen LogP) is 3.76. The maximum Gasteiger partial charge on any atom is 0.162 e. The van der Waals surface area contributed by atoms with Crippen LogP contribution >= 0.6 is 23.2 Å². The topological polar surface area (TPSA) is 49.5 Å². The van der Waals surface area contributed by atoms with Crippen molar-refractivity contribution < 1.29 is 9.63 Å². The molecule has 0 spiro atoms. The molecule has 1 aromatic carbocycles. The molecule has 22 heavy (non-hydrogen) atoms. The first-order valence-corrected chi connectivity index (χ1v) is 7.83. The van der Waals surface area contributed by atoms with Crippen LogP contribution in [0, 0.1) is 0 Å². The van der Waals surface area contributed by atoms with Crippen LogP contribution in [-0.4, -0.2) is 28.3 Å². The Hall–Kier alpha value is -1.33. The number of nitrogens with zero attached hydrogens (tertiary/aromatic N) is 2.